The lowest BCUT2D eigenvalue weighted by Gasteiger charge is -2.31. The van der Waals surface area contributed by atoms with Gasteiger partial charge in [-0.15, -0.1) is 0 Å². The van der Waals surface area contributed by atoms with Crippen LogP contribution in [0.15, 0.2) is 149 Å². The lowest BCUT2D eigenvalue weighted by atomic mass is 9.78. The number of amides is 1. The van der Waals surface area contributed by atoms with Crippen LogP contribution < -0.4 is 14.8 Å². The quantitative estimate of drug-likeness (QED) is 0.118. The maximum Gasteiger partial charge on any atom is 0.252 e. The number of nitrogens with one attached hydrogen (secondary N) is 1. The first kappa shape index (κ1) is 38.7. The van der Waals surface area contributed by atoms with Gasteiger partial charge >= 0.3 is 0 Å². The predicted octanol–water partition coefficient (Wildman–Crippen LogP) is 10.9. The van der Waals surface area contributed by atoms with Crippen molar-refractivity contribution in [2.45, 2.75) is 68.7 Å². The van der Waals surface area contributed by atoms with E-state index in [1.165, 1.54) is 23.3 Å². The molecule has 6 aromatic rings. The molecule has 0 bridgehead atoms. The average molecular weight is 752 g/mol. The fourth-order valence-electron chi connectivity index (χ4n) is 6.37. The van der Waals surface area contributed by atoms with Crippen molar-refractivity contribution in [3.05, 3.63) is 178 Å². The molecule has 1 unspecified atom stereocenters. The summed E-state index contributed by atoms with van der Waals surface area (Å²) in [5.74, 6) is 1.70. The molecule has 1 N–H and O–H groups in total. The molecule has 6 aromatic carbocycles. The van der Waals surface area contributed by atoms with Crippen LogP contribution in [0.2, 0.25) is 0 Å². The molecule has 0 aliphatic carbocycles. The van der Waals surface area contributed by atoms with Crippen LogP contribution in [0.4, 0.5) is 0 Å². The van der Waals surface area contributed by atoms with Crippen LogP contribution in [-0.4, -0.2) is 20.6 Å². The fourth-order valence-corrected chi connectivity index (χ4v) is 7.63. The summed E-state index contributed by atoms with van der Waals surface area (Å²) in [7, 11) is -3.65. The molecule has 1 atom stereocenters. The molecule has 0 saturated heterocycles. The summed E-state index contributed by atoms with van der Waals surface area (Å²) in [6.07, 6.45) is 1.24. The Morgan fingerprint density at radius 3 is 1.49 bits per heavy atom. The van der Waals surface area contributed by atoms with Gasteiger partial charge in [0.15, 0.2) is 6.29 Å². The summed E-state index contributed by atoms with van der Waals surface area (Å²) < 4.78 is 38.2. The van der Waals surface area contributed by atoms with Crippen LogP contribution in [0.1, 0.15) is 82.6 Å². The van der Waals surface area contributed by atoms with Crippen molar-refractivity contribution in [3.63, 3.8) is 0 Å². The van der Waals surface area contributed by atoms with Crippen LogP contribution in [0.5, 0.6) is 23.0 Å². The number of carbonyl (C=O) groups is 2. The third-order valence-electron chi connectivity index (χ3n) is 10.3. The SMILES string of the molecule is CCC(C)(NC(=O)c1ccc(Oc2ccc(C(C)(C)c3ccc(C)cc3)cc2)cc1C=O)c1ccc(Oc2ccc(S(=O)(=O)c3ccc(C)cc3)cc2)cc1. The largest absolute Gasteiger partial charge is 0.457 e. The predicted molar refractivity (Wildman–Crippen MR) is 216 cm³/mol. The van der Waals surface area contributed by atoms with Gasteiger partial charge in [0.25, 0.3) is 5.91 Å². The van der Waals surface area contributed by atoms with E-state index in [9.17, 15) is 18.0 Å². The number of aryl methyl sites for hydroxylation is 2. The van der Waals surface area contributed by atoms with E-state index in [4.69, 9.17) is 9.47 Å². The summed E-state index contributed by atoms with van der Waals surface area (Å²) in [6.45, 7) is 12.3. The Kier molecular flexibility index (Phi) is 11.1. The Bertz CT molecular complexity index is 2400. The molecule has 1 amide bonds. The van der Waals surface area contributed by atoms with E-state index in [0.29, 0.717) is 35.7 Å². The van der Waals surface area contributed by atoms with Gasteiger partial charge in [-0.05, 0) is 123 Å². The highest BCUT2D eigenvalue weighted by atomic mass is 32.2. The zero-order valence-electron chi connectivity index (χ0n) is 31.9. The number of benzene rings is 6. The smallest absolute Gasteiger partial charge is 0.252 e. The summed E-state index contributed by atoms with van der Waals surface area (Å²) >= 11 is 0. The monoisotopic (exact) mass is 751 g/mol. The van der Waals surface area contributed by atoms with Crippen LogP contribution in [0, 0.1) is 13.8 Å². The van der Waals surface area contributed by atoms with Crippen molar-refractivity contribution in [2.75, 3.05) is 0 Å². The molecule has 0 aliphatic heterocycles. The first-order valence-electron chi connectivity index (χ1n) is 18.2. The summed E-state index contributed by atoms with van der Waals surface area (Å²) in [6, 6.07) is 41.7. The van der Waals surface area contributed by atoms with Gasteiger partial charge in [-0.25, -0.2) is 8.42 Å². The molecule has 0 spiro atoms. The Morgan fingerprint density at radius 2 is 1.00 bits per heavy atom. The number of sulfone groups is 1. The molecule has 0 saturated carbocycles. The van der Waals surface area contributed by atoms with Crippen molar-refractivity contribution in [2.24, 2.45) is 0 Å². The van der Waals surface area contributed by atoms with E-state index in [2.05, 4.69) is 50.4 Å². The molecule has 6 rings (SSSR count). The van der Waals surface area contributed by atoms with Crippen molar-refractivity contribution in [1.29, 1.82) is 0 Å². The lowest BCUT2D eigenvalue weighted by molar-refractivity contribution is 0.0897. The number of aldehydes is 1. The average Bonchev–Trinajstić information content (AvgIpc) is 3.18. The Hall–Kier alpha value is -5.99. The zero-order valence-corrected chi connectivity index (χ0v) is 32.7. The van der Waals surface area contributed by atoms with E-state index in [0.717, 1.165) is 16.7 Å². The highest BCUT2D eigenvalue weighted by Gasteiger charge is 2.29. The van der Waals surface area contributed by atoms with Crippen molar-refractivity contribution in [1.82, 2.24) is 5.32 Å². The molecule has 0 fully saturated rings. The van der Waals surface area contributed by atoms with E-state index < -0.39 is 15.4 Å². The van der Waals surface area contributed by atoms with Gasteiger partial charge in [-0.3, -0.25) is 9.59 Å². The van der Waals surface area contributed by atoms with Gasteiger partial charge < -0.3 is 14.8 Å². The van der Waals surface area contributed by atoms with Gasteiger partial charge in [0.2, 0.25) is 9.84 Å². The Balaban J connectivity index is 1.10. The molecular weight excluding hydrogens is 707 g/mol. The van der Waals surface area contributed by atoms with E-state index in [1.54, 1.807) is 66.7 Å². The third kappa shape index (κ3) is 8.55. The minimum absolute atomic E-state index is 0.178. The molecule has 0 aliphatic rings. The standard InChI is InChI=1S/C47H45NO6S/c1-7-47(6,37-16-20-38(21-17-37)53-40-22-27-43(28-23-40)55(51,52)42-25-10-33(3)11-26-42)48-45(50)44-29-24-41(30-34(44)31-49)54-39-18-14-36(15-19-39)46(4,5)35-12-8-32(2)9-13-35/h8-31H,7H2,1-6H3,(H,48,50). The number of rotatable bonds is 13. The molecular formula is C47H45NO6S. The minimum Gasteiger partial charge on any atom is -0.457 e. The molecule has 0 heterocycles. The van der Waals surface area contributed by atoms with Crippen LogP contribution in [0.3, 0.4) is 0 Å². The summed E-state index contributed by atoms with van der Waals surface area (Å²) in [4.78, 5) is 26.3. The normalized spacial score (nSPS) is 12.7. The zero-order chi connectivity index (χ0) is 39.4. The van der Waals surface area contributed by atoms with E-state index in [-0.39, 0.29) is 32.2 Å². The fraction of sp³-hybridized carbons (Fsp3) is 0.191. The highest BCUT2D eigenvalue weighted by Crippen LogP contribution is 2.34. The van der Waals surface area contributed by atoms with Crippen molar-refractivity contribution in [3.8, 4) is 23.0 Å². The van der Waals surface area contributed by atoms with Gasteiger partial charge in [0.1, 0.15) is 23.0 Å². The van der Waals surface area contributed by atoms with Crippen LogP contribution in [0.25, 0.3) is 0 Å². The first-order chi connectivity index (χ1) is 26.2. The lowest BCUT2D eigenvalue weighted by Crippen LogP contribution is -2.43. The summed E-state index contributed by atoms with van der Waals surface area (Å²) in [5, 5.41) is 3.13. The third-order valence-corrected chi connectivity index (χ3v) is 12.1. The van der Waals surface area contributed by atoms with Crippen LogP contribution >= 0.6 is 0 Å². The van der Waals surface area contributed by atoms with Gasteiger partial charge in [-0.1, -0.05) is 92.6 Å². The number of carbonyl (C=O) groups excluding carboxylic acids is 2. The second kappa shape index (κ2) is 15.8. The molecule has 7 nitrogen and oxygen atoms in total. The Morgan fingerprint density at radius 1 is 0.600 bits per heavy atom. The molecule has 8 heteroatoms. The van der Waals surface area contributed by atoms with E-state index in [1.807, 2.05) is 57.2 Å². The molecule has 280 valence electrons. The highest BCUT2D eigenvalue weighted by molar-refractivity contribution is 7.91. The van der Waals surface area contributed by atoms with Crippen molar-refractivity contribution >= 4 is 22.0 Å². The van der Waals surface area contributed by atoms with Crippen molar-refractivity contribution < 1.29 is 27.5 Å². The number of hydrogen-bond acceptors (Lipinski definition) is 6. The molecule has 55 heavy (non-hydrogen) atoms. The number of ether oxygens (including phenoxy) is 2. The topological polar surface area (TPSA) is 98.8 Å². The molecule has 0 aromatic heterocycles. The first-order valence-corrected chi connectivity index (χ1v) is 19.7. The van der Waals surface area contributed by atoms with Gasteiger partial charge in [-0.2, -0.15) is 0 Å². The van der Waals surface area contributed by atoms with Gasteiger partial charge in [0.05, 0.1) is 20.9 Å². The van der Waals surface area contributed by atoms with Crippen LogP contribution in [-0.2, 0) is 20.8 Å². The van der Waals surface area contributed by atoms with E-state index >= 15 is 0 Å². The maximum absolute atomic E-state index is 13.6. The second-order valence-electron chi connectivity index (χ2n) is 14.5. The minimum atomic E-state index is -3.65. The maximum atomic E-state index is 13.6. The second-order valence-corrected chi connectivity index (χ2v) is 16.5. The number of hydrogen-bond donors (Lipinski definition) is 1. The summed E-state index contributed by atoms with van der Waals surface area (Å²) in [5.41, 5.74) is 4.91. The van der Waals surface area contributed by atoms with Gasteiger partial charge in [0, 0.05) is 11.0 Å². The Labute approximate surface area is 323 Å². The molecule has 0 radical (unpaired) electrons.